The first-order chi connectivity index (χ1) is 12.1. The number of rotatable bonds is 6. The van der Waals surface area contributed by atoms with Crippen molar-refractivity contribution in [3.05, 3.63) is 71.3 Å². The minimum atomic E-state index is -0.0826. The van der Waals surface area contributed by atoms with Crippen LogP contribution in [0.15, 0.2) is 55.1 Å². The SMILES string of the molecule is Cc1ccc(CSCC(=O)Nc2cc(Cl)ccc2-n2cncn2)cc1. The molecule has 1 N–H and O–H groups in total. The maximum atomic E-state index is 12.3. The number of halogens is 1. The second kappa shape index (κ2) is 8.18. The van der Waals surface area contributed by atoms with E-state index in [1.165, 1.54) is 17.5 Å². The number of nitrogens with zero attached hydrogens (tertiary/aromatic N) is 3. The first kappa shape index (κ1) is 17.5. The fourth-order valence-electron chi connectivity index (χ4n) is 2.27. The number of nitrogens with one attached hydrogen (secondary N) is 1. The topological polar surface area (TPSA) is 59.8 Å². The van der Waals surface area contributed by atoms with Crippen LogP contribution in [0.5, 0.6) is 0 Å². The summed E-state index contributed by atoms with van der Waals surface area (Å²) in [6, 6.07) is 13.6. The molecule has 1 aromatic heterocycles. The Balaban J connectivity index is 1.61. The number of thioether (sulfide) groups is 1. The summed E-state index contributed by atoms with van der Waals surface area (Å²) in [7, 11) is 0. The van der Waals surface area contributed by atoms with E-state index < -0.39 is 0 Å². The van der Waals surface area contributed by atoms with Gasteiger partial charge in [-0.3, -0.25) is 4.79 Å². The van der Waals surface area contributed by atoms with Crippen LogP contribution in [0.3, 0.4) is 0 Å². The summed E-state index contributed by atoms with van der Waals surface area (Å²) >= 11 is 7.62. The molecule has 0 spiro atoms. The van der Waals surface area contributed by atoms with Crippen LogP contribution >= 0.6 is 23.4 Å². The van der Waals surface area contributed by atoms with E-state index in [1.54, 1.807) is 41.0 Å². The lowest BCUT2D eigenvalue weighted by molar-refractivity contribution is -0.113. The van der Waals surface area contributed by atoms with Gasteiger partial charge in [-0.05, 0) is 30.7 Å². The van der Waals surface area contributed by atoms with Crippen molar-refractivity contribution in [1.82, 2.24) is 14.8 Å². The lowest BCUT2D eigenvalue weighted by atomic mass is 10.2. The Morgan fingerprint density at radius 3 is 2.76 bits per heavy atom. The van der Waals surface area contributed by atoms with E-state index in [2.05, 4.69) is 46.6 Å². The van der Waals surface area contributed by atoms with Crippen LogP contribution in [0.2, 0.25) is 5.02 Å². The first-order valence-electron chi connectivity index (χ1n) is 7.69. The van der Waals surface area contributed by atoms with Crippen LogP contribution in [0, 0.1) is 6.92 Å². The molecule has 0 radical (unpaired) electrons. The van der Waals surface area contributed by atoms with Gasteiger partial charge in [0.2, 0.25) is 5.91 Å². The predicted molar refractivity (Wildman–Crippen MR) is 102 cm³/mol. The summed E-state index contributed by atoms with van der Waals surface area (Å²) in [5, 5.41) is 7.55. The zero-order valence-corrected chi connectivity index (χ0v) is 15.2. The van der Waals surface area contributed by atoms with Crippen molar-refractivity contribution >= 4 is 35.0 Å². The lowest BCUT2D eigenvalue weighted by Crippen LogP contribution is -2.16. The van der Waals surface area contributed by atoms with Gasteiger partial charge in [0, 0.05) is 10.8 Å². The van der Waals surface area contributed by atoms with E-state index in [9.17, 15) is 4.79 Å². The molecule has 0 saturated carbocycles. The number of anilines is 1. The molecular weight excluding hydrogens is 356 g/mol. The Morgan fingerprint density at radius 1 is 1.24 bits per heavy atom. The molecular formula is C18H17ClN4OS. The molecule has 3 rings (SSSR count). The number of aryl methyl sites for hydroxylation is 1. The van der Waals surface area contributed by atoms with Crippen LogP contribution in [0.25, 0.3) is 5.69 Å². The van der Waals surface area contributed by atoms with E-state index in [0.717, 1.165) is 11.4 Å². The summed E-state index contributed by atoms with van der Waals surface area (Å²) in [6.45, 7) is 2.06. The minimum Gasteiger partial charge on any atom is -0.323 e. The number of carbonyl (C=O) groups excluding carboxylic acids is 1. The van der Waals surface area contributed by atoms with Gasteiger partial charge in [-0.2, -0.15) is 5.10 Å². The van der Waals surface area contributed by atoms with E-state index in [4.69, 9.17) is 11.6 Å². The summed E-state index contributed by atoms with van der Waals surface area (Å²) in [4.78, 5) is 16.2. The van der Waals surface area contributed by atoms with Gasteiger partial charge < -0.3 is 5.32 Å². The second-order valence-corrected chi connectivity index (χ2v) is 6.95. The molecule has 0 fully saturated rings. The molecule has 2 aromatic carbocycles. The predicted octanol–water partition coefficient (Wildman–Crippen LogP) is 4.10. The van der Waals surface area contributed by atoms with Crippen LogP contribution in [0.1, 0.15) is 11.1 Å². The first-order valence-corrected chi connectivity index (χ1v) is 9.23. The van der Waals surface area contributed by atoms with Crippen molar-refractivity contribution in [2.45, 2.75) is 12.7 Å². The third-order valence-electron chi connectivity index (χ3n) is 3.52. The van der Waals surface area contributed by atoms with Crippen molar-refractivity contribution in [3.8, 4) is 5.69 Å². The van der Waals surface area contributed by atoms with Crippen molar-refractivity contribution in [2.75, 3.05) is 11.1 Å². The molecule has 1 heterocycles. The number of amides is 1. The summed E-state index contributed by atoms with van der Waals surface area (Å²) in [5.41, 5.74) is 3.76. The van der Waals surface area contributed by atoms with Crippen LogP contribution < -0.4 is 5.32 Å². The van der Waals surface area contributed by atoms with Crippen LogP contribution in [-0.4, -0.2) is 26.4 Å². The highest BCUT2D eigenvalue weighted by Crippen LogP contribution is 2.24. The molecule has 1 amide bonds. The highest BCUT2D eigenvalue weighted by Gasteiger charge is 2.10. The van der Waals surface area contributed by atoms with Crippen molar-refractivity contribution in [3.63, 3.8) is 0 Å². The molecule has 0 aliphatic rings. The zero-order chi connectivity index (χ0) is 17.6. The molecule has 0 aliphatic heterocycles. The highest BCUT2D eigenvalue weighted by atomic mass is 35.5. The molecule has 0 unspecified atom stereocenters. The van der Waals surface area contributed by atoms with E-state index >= 15 is 0 Å². The number of benzene rings is 2. The standard InChI is InChI=1S/C18H17ClN4OS/c1-13-2-4-14(5-3-13)9-25-10-18(24)22-16-8-15(19)6-7-17(16)23-12-20-11-21-23/h2-8,11-12H,9-10H2,1H3,(H,22,24). The maximum absolute atomic E-state index is 12.3. The molecule has 0 aliphatic carbocycles. The molecule has 128 valence electrons. The number of hydrogen-bond donors (Lipinski definition) is 1. The zero-order valence-electron chi connectivity index (χ0n) is 13.6. The molecule has 0 atom stereocenters. The maximum Gasteiger partial charge on any atom is 0.234 e. The van der Waals surface area contributed by atoms with Crippen molar-refractivity contribution < 1.29 is 4.79 Å². The fourth-order valence-corrected chi connectivity index (χ4v) is 3.23. The van der Waals surface area contributed by atoms with Crippen LogP contribution in [0.4, 0.5) is 5.69 Å². The monoisotopic (exact) mass is 372 g/mol. The van der Waals surface area contributed by atoms with Crippen molar-refractivity contribution in [2.24, 2.45) is 0 Å². The number of hydrogen-bond acceptors (Lipinski definition) is 4. The average Bonchev–Trinajstić information content (AvgIpc) is 3.11. The van der Waals surface area contributed by atoms with Gasteiger partial charge in [-0.15, -0.1) is 11.8 Å². The molecule has 7 heteroatoms. The fraction of sp³-hybridized carbons (Fsp3) is 0.167. The van der Waals surface area contributed by atoms with Crippen molar-refractivity contribution in [1.29, 1.82) is 0 Å². The Kier molecular flexibility index (Phi) is 5.73. The van der Waals surface area contributed by atoms with Gasteiger partial charge in [0.05, 0.1) is 17.1 Å². The smallest absolute Gasteiger partial charge is 0.234 e. The highest BCUT2D eigenvalue weighted by molar-refractivity contribution is 7.99. The third kappa shape index (κ3) is 4.84. The Labute approximate surface area is 155 Å². The molecule has 0 bridgehead atoms. The van der Waals surface area contributed by atoms with Gasteiger partial charge in [-0.1, -0.05) is 41.4 Å². The third-order valence-corrected chi connectivity index (χ3v) is 4.76. The number of carbonyl (C=O) groups is 1. The van der Waals surface area contributed by atoms with E-state index in [-0.39, 0.29) is 5.91 Å². The Bertz CT molecular complexity index is 850. The number of aromatic nitrogens is 3. The molecule has 0 saturated heterocycles. The minimum absolute atomic E-state index is 0.0826. The summed E-state index contributed by atoms with van der Waals surface area (Å²) < 4.78 is 1.59. The normalized spacial score (nSPS) is 10.6. The Morgan fingerprint density at radius 2 is 2.04 bits per heavy atom. The summed E-state index contributed by atoms with van der Waals surface area (Å²) in [6.07, 6.45) is 3.02. The lowest BCUT2D eigenvalue weighted by Gasteiger charge is -2.11. The van der Waals surface area contributed by atoms with E-state index in [0.29, 0.717) is 16.5 Å². The van der Waals surface area contributed by atoms with Crippen LogP contribution in [-0.2, 0) is 10.5 Å². The van der Waals surface area contributed by atoms with Gasteiger partial charge in [0.15, 0.2) is 0 Å². The van der Waals surface area contributed by atoms with Gasteiger partial charge in [-0.25, -0.2) is 9.67 Å². The van der Waals surface area contributed by atoms with E-state index in [1.807, 2.05) is 0 Å². The molecule has 3 aromatic rings. The molecule has 5 nitrogen and oxygen atoms in total. The molecule has 25 heavy (non-hydrogen) atoms. The second-order valence-electron chi connectivity index (χ2n) is 5.53. The Hall–Kier alpha value is -2.31. The van der Waals surface area contributed by atoms with Gasteiger partial charge >= 0.3 is 0 Å². The van der Waals surface area contributed by atoms with Gasteiger partial charge in [0.25, 0.3) is 0 Å². The largest absolute Gasteiger partial charge is 0.323 e. The average molecular weight is 373 g/mol. The summed E-state index contributed by atoms with van der Waals surface area (Å²) in [5.74, 6) is 1.07. The van der Waals surface area contributed by atoms with Gasteiger partial charge in [0.1, 0.15) is 12.7 Å². The quantitative estimate of drug-likeness (QED) is 0.707.